The van der Waals surface area contributed by atoms with Crippen molar-refractivity contribution in [2.45, 2.75) is 27.7 Å². The molecule has 0 heterocycles. The van der Waals surface area contributed by atoms with Crippen LogP contribution in [0.3, 0.4) is 0 Å². The van der Waals surface area contributed by atoms with Crippen molar-refractivity contribution >= 4 is 0 Å². The molecule has 11 heavy (non-hydrogen) atoms. The smallest absolute Gasteiger partial charge is 0.0195 e. The molecule has 0 aromatic heterocycles. The minimum absolute atomic E-state index is 0.688. The number of rotatable bonds is 5. The van der Waals surface area contributed by atoms with Crippen molar-refractivity contribution in [3.8, 4) is 0 Å². The van der Waals surface area contributed by atoms with Crippen LogP contribution in [0.15, 0.2) is 6.20 Å². The maximum absolute atomic E-state index is 5.47. The number of nitrogens with zero attached hydrogens (tertiary/aromatic N) is 1. The van der Waals surface area contributed by atoms with E-state index in [-0.39, 0.29) is 0 Å². The quantitative estimate of drug-likeness (QED) is 0.588. The van der Waals surface area contributed by atoms with Gasteiger partial charge in [0.1, 0.15) is 0 Å². The zero-order valence-electron chi connectivity index (χ0n) is 8.17. The van der Waals surface area contributed by atoms with E-state index < -0.39 is 0 Å². The van der Waals surface area contributed by atoms with Crippen LogP contribution in [-0.2, 0) is 0 Å². The predicted molar refractivity (Wildman–Crippen MR) is 50.1 cm³/mol. The second-order valence-electron chi connectivity index (χ2n) is 3.89. The Balaban J connectivity index is 3.67. The molecule has 0 aromatic carbocycles. The molecule has 0 atom stereocenters. The third-order valence-electron chi connectivity index (χ3n) is 1.41. The molecule has 0 amide bonds. The van der Waals surface area contributed by atoms with Crippen molar-refractivity contribution in [1.82, 2.24) is 4.90 Å². The molecule has 1 radical (unpaired) electrons. The topological polar surface area (TPSA) is 3.24 Å². The lowest BCUT2D eigenvalue weighted by molar-refractivity contribution is 0.297. The fraction of sp³-hybridized carbons (Fsp3) is 0.800. The van der Waals surface area contributed by atoms with E-state index >= 15 is 0 Å². The normalized spacial score (nSPS) is 10.7. The van der Waals surface area contributed by atoms with E-state index in [1.54, 1.807) is 6.20 Å². The first-order valence-electron chi connectivity index (χ1n) is 4.35. The highest BCUT2D eigenvalue weighted by Gasteiger charge is 2.03. The molecule has 0 bridgehead atoms. The molecule has 0 aromatic rings. The number of hydrogen-bond donors (Lipinski definition) is 0. The van der Waals surface area contributed by atoms with Gasteiger partial charge in [-0.05, 0) is 24.6 Å². The average molecular weight is 154 g/mol. The first kappa shape index (κ1) is 10.5. The molecular weight excluding hydrogens is 134 g/mol. The largest absolute Gasteiger partial charge is 0.377 e. The standard InChI is InChI=1S/C10H20N/c1-6-11(7-9(2)3)8-10(4)5/h1,6,9-10H,7-8H2,2-5H3. The van der Waals surface area contributed by atoms with Crippen LogP contribution in [0.5, 0.6) is 0 Å². The highest BCUT2D eigenvalue weighted by molar-refractivity contribution is 4.70. The molecule has 0 fully saturated rings. The van der Waals surface area contributed by atoms with E-state index in [1.165, 1.54) is 0 Å². The van der Waals surface area contributed by atoms with E-state index in [9.17, 15) is 0 Å². The summed E-state index contributed by atoms with van der Waals surface area (Å²) in [5.41, 5.74) is 0. The van der Waals surface area contributed by atoms with Crippen LogP contribution >= 0.6 is 0 Å². The van der Waals surface area contributed by atoms with Crippen LogP contribution in [0.4, 0.5) is 0 Å². The Hall–Kier alpha value is -0.460. The first-order valence-corrected chi connectivity index (χ1v) is 4.35. The van der Waals surface area contributed by atoms with Gasteiger partial charge in [0.25, 0.3) is 0 Å². The Bertz CT molecular complexity index is 95.4. The second kappa shape index (κ2) is 5.22. The summed E-state index contributed by atoms with van der Waals surface area (Å²) >= 11 is 0. The summed E-state index contributed by atoms with van der Waals surface area (Å²) in [7, 11) is 0. The zero-order chi connectivity index (χ0) is 8.85. The summed E-state index contributed by atoms with van der Waals surface area (Å²) in [5.74, 6) is 1.38. The predicted octanol–water partition coefficient (Wildman–Crippen LogP) is 2.55. The second-order valence-corrected chi connectivity index (χ2v) is 3.89. The fourth-order valence-corrected chi connectivity index (χ4v) is 1.13. The molecule has 0 unspecified atom stereocenters. The molecule has 0 aliphatic rings. The fourth-order valence-electron chi connectivity index (χ4n) is 1.13. The maximum atomic E-state index is 5.47. The van der Waals surface area contributed by atoms with Gasteiger partial charge >= 0.3 is 0 Å². The Morgan fingerprint density at radius 2 is 1.45 bits per heavy atom. The molecule has 0 N–H and O–H groups in total. The minimum Gasteiger partial charge on any atom is -0.377 e. The summed E-state index contributed by atoms with van der Waals surface area (Å²) in [5, 5.41) is 0. The Morgan fingerprint density at radius 1 is 1.09 bits per heavy atom. The summed E-state index contributed by atoms with van der Waals surface area (Å²) < 4.78 is 0. The average Bonchev–Trinajstić information content (AvgIpc) is 1.84. The molecule has 0 aliphatic carbocycles. The molecular formula is C10H20N. The van der Waals surface area contributed by atoms with Crippen molar-refractivity contribution in [1.29, 1.82) is 0 Å². The van der Waals surface area contributed by atoms with Gasteiger partial charge in [0.15, 0.2) is 0 Å². The van der Waals surface area contributed by atoms with E-state index in [1.807, 2.05) is 0 Å². The Morgan fingerprint density at radius 3 is 1.64 bits per heavy atom. The van der Waals surface area contributed by atoms with Crippen molar-refractivity contribution in [3.05, 3.63) is 12.8 Å². The first-order chi connectivity index (χ1) is 5.06. The molecule has 1 nitrogen and oxygen atoms in total. The van der Waals surface area contributed by atoms with Crippen molar-refractivity contribution < 1.29 is 0 Å². The van der Waals surface area contributed by atoms with Crippen LogP contribution in [0.1, 0.15) is 27.7 Å². The van der Waals surface area contributed by atoms with E-state index in [0.29, 0.717) is 11.8 Å². The third-order valence-corrected chi connectivity index (χ3v) is 1.41. The van der Waals surface area contributed by atoms with Crippen LogP contribution in [0.2, 0.25) is 0 Å². The van der Waals surface area contributed by atoms with Crippen LogP contribution in [0, 0.1) is 18.4 Å². The zero-order valence-corrected chi connectivity index (χ0v) is 8.17. The molecule has 0 aliphatic heterocycles. The molecule has 0 rings (SSSR count). The van der Waals surface area contributed by atoms with Gasteiger partial charge in [-0.15, -0.1) is 0 Å². The van der Waals surface area contributed by atoms with Gasteiger partial charge in [-0.25, -0.2) is 0 Å². The monoisotopic (exact) mass is 154 g/mol. The number of hydrogen-bond acceptors (Lipinski definition) is 1. The highest BCUT2D eigenvalue weighted by Crippen LogP contribution is 2.02. The van der Waals surface area contributed by atoms with Gasteiger partial charge in [-0.3, -0.25) is 0 Å². The molecule has 0 saturated heterocycles. The van der Waals surface area contributed by atoms with Crippen molar-refractivity contribution in [2.75, 3.05) is 13.1 Å². The lowest BCUT2D eigenvalue weighted by atomic mass is 10.1. The third kappa shape index (κ3) is 5.96. The van der Waals surface area contributed by atoms with Crippen LogP contribution in [-0.4, -0.2) is 18.0 Å². The SMILES string of the molecule is [CH]=CN(CC(C)C)CC(C)C. The lowest BCUT2D eigenvalue weighted by Crippen LogP contribution is -2.25. The van der Waals surface area contributed by atoms with Gasteiger partial charge in [0.05, 0.1) is 0 Å². The van der Waals surface area contributed by atoms with Gasteiger partial charge in [-0.2, -0.15) is 0 Å². The van der Waals surface area contributed by atoms with Gasteiger partial charge in [0.2, 0.25) is 0 Å². The van der Waals surface area contributed by atoms with Crippen molar-refractivity contribution in [2.24, 2.45) is 11.8 Å². The maximum Gasteiger partial charge on any atom is 0.0195 e. The van der Waals surface area contributed by atoms with Crippen molar-refractivity contribution in [3.63, 3.8) is 0 Å². The van der Waals surface area contributed by atoms with Gasteiger partial charge in [-0.1, -0.05) is 27.7 Å². The summed E-state index contributed by atoms with van der Waals surface area (Å²) in [6.07, 6.45) is 1.69. The van der Waals surface area contributed by atoms with Gasteiger partial charge in [0, 0.05) is 13.1 Å². The molecule has 1 heteroatoms. The minimum atomic E-state index is 0.688. The molecule has 65 valence electrons. The molecule has 0 saturated carbocycles. The summed E-state index contributed by atoms with van der Waals surface area (Å²) in [6.45, 7) is 16.4. The summed E-state index contributed by atoms with van der Waals surface area (Å²) in [6, 6.07) is 0. The summed E-state index contributed by atoms with van der Waals surface area (Å²) in [4.78, 5) is 2.18. The van der Waals surface area contributed by atoms with E-state index in [0.717, 1.165) is 13.1 Å². The van der Waals surface area contributed by atoms with E-state index in [2.05, 4.69) is 32.6 Å². The van der Waals surface area contributed by atoms with Crippen LogP contribution in [0.25, 0.3) is 0 Å². The Labute approximate surface area is 71.1 Å². The Kier molecular flexibility index (Phi) is 5.01. The highest BCUT2D eigenvalue weighted by atomic mass is 15.1. The van der Waals surface area contributed by atoms with E-state index in [4.69, 9.17) is 6.58 Å². The lowest BCUT2D eigenvalue weighted by Gasteiger charge is -2.23. The molecule has 0 spiro atoms. The van der Waals surface area contributed by atoms with Crippen LogP contribution < -0.4 is 0 Å². The van der Waals surface area contributed by atoms with Gasteiger partial charge < -0.3 is 4.90 Å².